The molecule has 144 valence electrons. The van der Waals surface area contributed by atoms with Gasteiger partial charge in [0.25, 0.3) is 11.8 Å². The number of imide groups is 1. The molecule has 0 saturated heterocycles. The van der Waals surface area contributed by atoms with Crippen molar-refractivity contribution >= 4 is 17.7 Å². The fraction of sp³-hybridized carbons (Fsp3) is 0.348. The average Bonchev–Trinajstić information content (AvgIpc) is 3.51. The number of rotatable bonds is 6. The molecule has 1 aliphatic heterocycles. The van der Waals surface area contributed by atoms with Crippen LogP contribution in [0.25, 0.3) is 0 Å². The summed E-state index contributed by atoms with van der Waals surface area (Å²) in [5.41, 5.74) is 2.73. The van der Waals surface area contributed by atoms with E-state index in [0.29, 0.717) is 23.6 Å². The summed E-state index contributed by atoms with van der Waals surface area (Å²) in [6.45, 7) is 4.21. The zero-order chi connectivity index (χ0) is 19.8. The second-order valence-corrected chi connectivity index (χ2v) is 7.83. The van der Waals surface area contributed by atoms with Crippen LogP contribution in [-0.2, 0) is 11.3 Å². The Morgan fingerprint density at radius 3 is 2.43 bits per heavy atom. The highest BCUT2D eigenvalue weighted by Gasteiger charge is 2.39. The molecule has 2 aromatic rings. The van der Waals surface area contributed by atoms with E-state index >= 15 is 0 Å². The Kier molecular flexibility index (Phi) is 4.75. The third kappa shape index (κ3) is 3.44. The van der Waals surface area contributed by atoms with Crippen LogP contribution in [-0.4, -0.2) is 40.1 Å². The lowest BCUT2D eigenvalue weighted by atomic mass is 10.1. The molecule has 1 fully saturated rings. The molecular formula is C23H24N2O3. The van der Waals surface area contributed by atoms with Gasteiger partial charge in [-0.1, -0.05) is 42.0 Å². The van der Waals surface area contributed by atoms with Gasteiger partial charge >= 0.3 is 0 Å². The number of hydrogen-bond donors (Lipinski definition) is 0. The Morgan fingerprint density at radius 2 is 1.75 bits per heavy atom. The van der Waals surface area contributed by atoms with E-state index in [1.54, 1.807) is 12.1 Å². The van der Waals surface area contributed by atoms with E-state index in [1.165, 1.54) is 0 Å². The van der Waals surface area contributed by atoms with Crippen molar-refractivity contribution in [3.63, 3.8) is 0 Å². The third-order valence-electron chi connectivity index (χ3n) is 5.73. The van der Waals surface area contributed by atoms with Crippen molar-refractivity contribution in [1.29, 1.82) is 0 Å². The first-order valence-corrected chi connectivity index (χ1v) is 9.76. The summed E-state index contributed by atoms with van der Waals surface area (Å²) in [6, 6.07) is 15.1. The molecule has 0 N–H and O–H groups in total. The van der Waals surface area contributed by atoms with Crippen molar-refractivity contribution in [1.82, 2.24) is 9.80 Å². The van der Waals surface area contributed by atoms with Crippen molar-refractivity contribution in [2.75, 3.05) is 6.54 Å². The van der Waals surface area contributed by atoms with Crippen molar-refractivity contribution in [3.8, 4) is 0 Å². The van der Waals surface area contributed by atoms with Crippen LogP contribution in [0.2, 0.25) is 0 Å². The largest absolute Gasteiger partial charge is 0.334 e. The van der Waals surface area contributed by atoms with Gasteiger partial charge in [0.15, 0.2) is 0 Å². The molecule has 4 rings (SSSR count). The number of carbonyl (C=O) groups excluding carboxylic acids is 3. The van der Waals surface area contributed by atoms with Crippen LogP contribution in [0.4, 0.5) is 0 Å². The quantitative estimate of drug-likeness (QED) is 0.726. The molecule has 0 radical (unpaired) electrons. The maximum atomic E-state index is 13.2. The molecule has 5 nitrogen and oxygen atoms in total. The van der Waals surface area contributed by atoms with E-state index in [9.17, 15) is 14.4 Å². The summed E-state index contributed by atoms with van der Waals surface area (Å²) in [6.07, 6.45) is 2.23. The number of benzene rings is 2. The van der Waals surface area contributed by atoms with Crippen molar-refractivity contribution < 1.29 is 14.4 Å². The van der Waals surface area contributed by atoms with Crippen molar-refractivity contribution in [2.45, 2.75) is 39.3 Å². The minimum Gasteiger partial charge on any atom is -0.334 e. The van der Waals surface area contributed by atoms with E-state index in [4.69, 9.17) is 0 Å². The zero-order valence-corrected chi connectivity index (χ0v) is 16.2. The van der Waals surface area contributed by atoms with E-state index in [1.807, 2.05) is 48.2 Å². The highest BCUT2D eigenvalue weighted by molar-refractivity contribution is 6.22. The van der Waals surface area contributed by atoms with Crippen LogP contribution < -0.4 is 0 Å². The lowest BCUT2D eigenvalue weighted by Gasteiger charge is -2.31. The molecule has 1 unspecified atom stereocenters. The predicted molar refractivity (Wildman–Crippen MR) is 106 cm³/mol. The summed E-state index contributed by atoms with van der Waals surface area (Å²) >= 11 is 0. The fourth-order valence-electron chi connectivity index (χ4n) is 3.85. The van der Waals surface area contributed by atoms with Gasteiger partial charge in [-0.05, 0) is 50.3 Å². The molecule has 0 aromatic heterocycles. The second-order valence-electron chi connectivity index (χ2n) is 7.83. The molecule has 2 aromatic carbocycles. The molecule has 1 saturated carbocycles. The Morgan fingerprint density at radius 1 is 1.07 bits per heavy atom. The molecule has 1 atom stereocenters. The van der Waals surface area contributed by atoms with E-state index < -0.39 is 0 Å². The summed E-state index contributed by atoms with van der Waals surface area (Å²) in [5.74, 6) is -0.449. The number of aryl methyl sites for hydroxylation is 1. The Labute approximate surface area is 164 Å². The number of hydrogen-bond acceptors (Lipinski definition) is 3. The minimum atomic E-state index is -0.382. The Balaban J connectivity index is 1.54. The zero-order valence-electron chi connectivity index (χ0n) is 16.2. The number of fused-ring (bicyclic) bond motifs is 1. The van der Waals surface area contributed by atoms with Crippen LogP contribution in [0.5, 0.6) is 0 Å². The number of nitrogens with zero attached hydrogens (tertiary/aromatic N) is 2. The minimum absolute atomic E-state index is 0.0881. The van der Waals surface area contributed by atoms with Gasteiger partial charge in [0.2, 0.25) is 5.91 Å². The van der Waals surface area contributed by atoms with Gasteiger partial charge in [0.05, 0.1) is 11.1 Å². The average molecular weight is 376 g/mol. The van der Waals surface area contributed by atoms with Crippen LogP contribution in [0, 0.1) is 12.8 Å². The molecule has 2 aliphatic rings. The topological polar surface area (TPSA) is 57.7 Å². The van der Waals surface area contributed by atoms with Gasteiger partial charge in [-0.3, -0.25) is 19.3 Å². The van der Waals surface area contributed by atoms with Crippen molar-refractivity contribution in [2.24, 2.45) is 5.92 Å². The van der Waals surface area contributed by atoms with Gasteiger partial charge in [-0.25, -0.2) is 0 Å². The first kappa shape index (κ1) is 18.4. The Bertz CT molecular complexity index is 934. The van der Waals surface area contributed by atoms with Gasteiger partial charge in [-0.2, -0.15) is 0 Å². The summed E-state index contributed by atoms with van der Waals surface area (Å²) in [7, 11) is 0. The highest BCUT2D eigenvalue weighted by atomic mass is 16.2. The first-order valence-electron chi connectivity index (χ1n) is 9.76. The van der Waals surface area contributed by atoms with Gasteiger partial charge in [0.1, 0.15) is 6.54 Å². The van der Waals surface area contributed by atoms with Gasteiger partial charge < -0.3 is 4.90 Å². The molecule has 1 heterocycles. The van der Waals surface area contributed by atoms with Crippen LogP contribution >= 0.6 is 0 Å². The van der Waals surface area contributed by atoms with E-state index in [-0.39, 0.29) is 30.3 Å². The molecule has 28 heavy (non-hydrogen) atoms. The van der Waals surface area contributed by atoms with Gasteiger partial charge in [-0.15, -0.1) is 0 Å². The molecule has 5 heteroatoms. The van der Waals surface area contributed by atoms with Crippen LogP contribution in [0.15, 0.2) is 48.5 Å². The summed E-state index contributed by atoms with van der Waals surface area (Å²) in [5, 5.41) is 0. The molecule has 0 bridgehead atoms. The summed E-state index contributed by atoms with van der Waals surface area (Å²) < 4.78 is 0. The highest BCUT2D eigenvalue weighted by Crippen LogP contribution is 2.36. The monoisotopic (exact) mass is 376 g/mol. The Hall–Kier alpha value is -2.95. The fourth-order valence-corrected chi connectivity index (χ4v) is 3.85. The third-order valence-corrected chi connectivity index (χ3v) is 5.73. The number of carbonyl (C=O) groups is 3. The number of amides is 3. The normalized spacial score (nSPS) is 16.9. The molecule has 3 amide bonds. The van der Waals surface area contributed by atoms with Crippen LogP contribution in [0.1, 0.15) is 51.6 Å². The standard InChI is InChI=1S/C23H24N2O3/c1-15-8-11-19-20(12-15)23(28)25(22(19)27)14-21(26)24(16(2)18-9-10-18)13-17-6-4-3-5-7-17/h3-8,11-12,16,18H,9-10,13-14H2,1-2H3. The smallest absolute Gasteiger partial charge is 0.262 e. The first-order chi connectivity index (χ1) is 13.5. The second kappa shape index (κ2) is 7.23. The molecule has 0 spiro atoms. The van der Waals surface area contributed by atoms with Crippen LogP contribution in [0.3, 0.4) is 0 Å². The lowest BCUT2D eigenvalue weighted by molar-refractivity contribution is -0.134. The molecular weight excluding hydrogens is 352 g/mol. The van der Waals surface area contributed by atoms with E-state index in [0.717, 1.165) is 28.9 Å². The maximum Gasteiger partial charge on any atom is 0.262 e. The maximum absolute atomic E-state index is 13.2. The van der Waals surface area contributed by atoms with Gasteiger partial charge in [0, 0.05) is 12.6 Å². The lowest BCUT2D eigenvalue weighted by Crippen LogP contribution is -2.46. The predicted octanol–water partition coefficient (Wildman–Crippen LogP) is 3.42. The summed E-state index contributed by atoms with van der Waals surface area (Å²) in [4.78, 5) is 41.5. The molecule has 1 aliphatic carbocycles. The van der Waals surface area contributed by atoms with E-state index in [2.05, 4.69) is 6.92 Å². The SMILES string of the molecule is Cc1ccc2c(c1)C(=O)N(CC(=O)N(Cc1ccccc1)C(C)C1CC1)C2=O. The van der Waals surface area contributed by atoms with Crippen molar-refractivity contribution in [3.05, 3.63) is 70.8 Å².